The number of halogens is 1. The molecule has 3 N–H and O–H groups in total. The number of methoxy groups -OCH3 is 1. The van der Waals surface area contributed by atoms with Crippen molar-refractivity contribution in [1.82, 2.24) is 14.5 Å². The number of ether oxygens (including phenoxy) is 2. The first-order valence-corrected chi connectivity index (χ1v) is 12.4. The SMILES string of the molecule is C=CC(=O)Nc1cc(OC)cc(-c2cnc3c(c2)c(-c2ccnc(F)c2)cn3COC(=O)C(N)C(C)CC)c1. The van der Waals surface area contributed by atoms with Gasteiger partial charge in [-0.1, -0.05) is 26.8 Å². The monoisotopic (exact) mass is 531 g/mol. The van der Waals surface area contributed by atoms with Gasteiger partial charge in [0.1, 0.15) is 17.4 Å². The second-order valence-corrected chi connectivity index (χ2v) is 9.12. The van der Waals surface area contributed by atoms with Crippen molar-refractivity contribution in [2.24, 2.45) is 11.7 Å². The van der Waals surface area contributed by atoms with Crippen LogP contribution in [0.4, 0.5) is 10.1 Å². The second-order valence-electron chi connectivity index (χ2n) is 9.12. The van der Waals surface area contributed by atoms with Crippen molar-refractivity contribution in [2.45, 2.75) is 33.0 Å². The van der Waals surface area contributed by atoms with Crippen LogP contribution in [0.3, 0.4) is 0 Å². The minimum Gasteiger partial charge on any atom is -0.497 e. The summed E-state index contributed by atoms with van der Waals surface area (Å²) in [6.07, 6.45) is 6.72. The lowest BCUT2D eigenvalue weighted by molar-refractivity contribution is -0.150. The Labute approximate surface area is 225 Å². The largest absolute Gasteiger partial charge is 0.497 e. The summed E-state index contributed by atoms with van der Waals surface area (Å²) in [5.41, 5.74) is 9.78. The molecule has 0 radical (unpaired) electrons. The molecule has 3 aromatic heterocycles. The maximum atomic E-state index is 14.0. The molecule has 0 saturated carbocycles. The molecule has 0 fully saturated rings. The fourth-order valence-electron chi connectivity index (χ4n) is 4.09. The Morgan fingerprint density at radius 3 is 2.67 bits per heavy atom. The number of nitrogens with zero attached hydrogens (tertiary/aromatic N) is 3. The average molecular weight is 532 g/mol. The molecular weight excluding hydrogens is 501 g/mol. The summed E-state index contributed by atoms with van der Waals surface area (Å²) in [4.78, 5) is 32.7. The van der Waals surface area contributed by atoms with Crippen LogP contribution in [0.1, 0.15) is 20.3 Å². The summed E-state index contributed by atoms with van der Waals surface area (Å²) in [6.45, 7) is 7.22. The summed E-state index contributed by atoms with van der Waals surface area (Å²) in [5, 5.41) is 3.44. The molecule has 0 bridgehead atoms. The molecule has 3 heterocycles. The molecule has 0 saturated heterocycles. The van der Waals surface area contributed by atoms with Crippen molar-refractivity contribution < 1.29 is 23.5 Å². The number of carbonyl (C=O) groups is 2. The van der Waals surface area contributed by atoms with Gasteiger partial charge in [0.2, 0.25) is 11.9 Å². The summed E-state index contributed by atoms with van der Waals surface area (Å²) in [6, 6.07) is 9.46. The first-order chi connectivity index (χ1) is 18.7. The number of amides is 1. The number of aromatic nitrogens is 3. The fourth-order valence-corrected chi connectivity index (χ4v) is 4.09. The minimum absolute atomic E-state index is 0.0287. The zero-order chi connectivity index (χ0) is 28.1. The van der Waals surface area contributed by atoms with E-state index in [1.807, 2.05) is 26.0 Å². The van der Waals surface area contributed by atoms with Gasteiger partial charge in [-0.05, 0) is 47.4 Å². The summed E-state index contributed by atoms with van der Waals surface area (Å²) < 4.78 is 26.7. The number of anilines is 1. The normalized spacial score (nSPS) is 12.5. The molecule has 0 aliphatic rings. The van der Waals surface area contributed by atoms with Crippen LogP contribution in [0.15, 0.2) is 67.6 Å². The number of esters is 1. The Balaban J connectivity index is 1.78. The van der Waals surface area contributed by atoms with E-state index in [-0.39, 0.29) is 18.6 Å². The molecule has 4 rings (SSSR count). The van der Waals surface area contributed by atoms with Gasteiger partial charge in [0.25, 0.3) is 0 Å². The van der Waals surface area contributed by atoms with E-state index in [9.17, 15) is 14.0 Å². The van der Waals surface area contributed by atoms with Crippen molar-refractivity contribution in [2.75, 3.05) is 12.4 Å². The van der Waals surface area contributed by atoms with E-state index < -0.39 is 18.0 Å². The third-order valence-electron chi connectivity index (χ3n) is 6.55. The van der Waals surface area contributed by atoms with Gasteiger partial charge in [-0.2, -0.15) is 4.39 Å². The van der Waals surface area contributed by atoms with Crippen LogP contribution in [0.5, 0.6) is 5.75 Å². The Morgan fingerprint density at radius 2 is 1.97 bits per heavy atom. The highest BCUT2D eigenvalue weighted by Crippen LogP contribution is 2.35. The lowest BCUT2D eigenvalue weighted by Crippen LogP contribution is -2.38. The van der Waals surface area contributed by atoms with Crippen LogP contribution >= 0.6 is 0 Å². The van der Waals surface area contributed by atoms with Gasteiger partial charge in [0.15, 0.2) is 6.73 Å². The van der Waals surface area contributed by atoms with E-state index in [0.717, 1.165) is 17.5 Å². The number of pyridine rings is 2. The first kappa shape index (κ1) is 27.5. The molecule has 1 amide bonds. The van der Waals surface area contributed by atoms with Gasteiger partial charge in [0.05, 0.1) is 7.11 Å². The Hall–Kier alpha value is -4.57. The molecule has 2 atom stereocenters. The van der Waals surface area contributed by atoms with Crippen LogP contribution < -0.4 is 15.8 Å². The predicted octanol–water partition coefficient (Wildman–Crippen LogP) is 4.91. The van der Waals surface area contributed by atoms with Crippen LogP contribution in [0.25, 0.3) is 33.3 Å². The van der Waals surface area contributed by atoms with Gasteiger partial charge in [-0.25, -0.2) is 9.97 Å². The maximum Gasteiger partial charge on any atom is 0.324 e. The molecule has 0 spiro atoms. The molecule has 2 unspecified atom stereocenters. The number of nitrogens with two attached hydrogens (primary N) is 1. The molecule has 9 nitrogen and oxygen atoms in total. The summed E-state index contributed by atoms with van der Waals surface area (Å²) >= 11 is 0. The highest BCUT2D eigenvalue weighted by molar-refractivity contribution is 6.00. The zero-order valence-corrected chi connectivity index (χ0v) is 22.0. The Bertz CT molecular complexity index is 1530. The van der Waals surface area contributed by atoms with Crippen LogP contribution in [-0.2, 0) is 21.1 Å². The van der Waals surface area contributed by atoms with Crippen molar-refractivity contribution in [3.63, 3.8) is 0 Å². The van der Waals surface area contributed by atoms with Crippen molar-refractivity contribution in [3.8, 4) is 28.0 Å². The summed E-state index contributed by atoms with van der Waals surface area (Å²) in [7, 11) is 1.53. The molecule has 202 valence electrons. The molecule has 0 aliphatic carbocycles. The maximum absolute atomic E-state index is 14.0. The quantitative estimate of drug-likeness (QED) is 0.169. The van der Waals surface area contributed by atoms with E-state index in [1.165, 1.54) is 25.4 Å². The number of carbonyl (C=O) groups excluding carboxylic acids is 2. The number of hydrogen-bond acceptors (Lipinski definition) is 7. The van der Waals surface area contributed by atoms with Crippen LogP contribution in [0, 0.1) is 11.9 Å². The third kappa shape index (κ3) is 6.12. The number of rotatable bonds is 10. The third-order valence-corrected chi connectivity index (χ3v) is 6.55. The topological polar surface area (TPSA) is 121 Å². The smallest absolute Gasteiger partial charge is 0.324 e. The molecule has 4 aromatic rings. The molecule has 10 heteroatoms. The zero-order valence-electron chi connectivity index (χ0n) is 22.0. The van der Waals surface area contributed by atoms with Gasteiger partial charge >= 0.3 is 5.97 Å². The van der Waals surface area contributed by atoms with Crippen LogP contribution in [-0.4, -0.2) is 39.6 Å². The average Bonchev–Trinajstić information content (AvgIpc) is 3.32. The first-order valence-electron chi connectivity index (χ1n) is 12.4. The lowest BCUT2D eigenvalue weighted by atomic mass is 10.0. The number of nitrogens with one attached hydrogen (secondary N) is 1. The Morgan fingerprint density at radius 1 is 1.18 bits per heavy atom. The molecule has 39 heavy (non-hydrogen) atoms. The highest BCUT2D eigenvalue weighted by atomic mass is 19.1. The highest BCUT2D eigenvalue weighted by Gasteiger charge is 2.22. The molecule has 0 aliphatic heterocycles. The number of fused-ring (bicyclic) bond motifs is 1. The van der Waals surface area contributed by atoms with Crippen molar-refractivity contribution in [1.29, 1.82) is 0 Å². The molecule has 1 aromatic carbocycles. The van der Waals surface area contributed by atoms with Gasteiger partial charge in [-0.3, -0.25) is 14.2 Å². The van der Waals surface area contributed by atoms with Gasteiger partial charge in [-0.15, -0.1) is 0 Å². The standard InChI is InChI=1S/C29H30FN5O4/c1-5-17(3)27(31)29(37)39-16-35-15-24(18-7-8-32-25(30)12-18)23-11-20(14-33-28(23)35)19-9-21(34-26(36)6-2)13-22(10-19)38-4/h6-15,17,27H,2,5,16,31H2,1,3-4H3,(H,34,36). The fraction of sp³-hybridized carbons (Fsp3) is 0.241. The van der Waals surface area contributed by atoms with Gasteiger partial charge < -0.3 is 20.5 Å². The number of benzene rings is 1. The van der Waals surface area contributed by atoms with E-state index >= 15 is 0 Å². The Kier molecular flexibility index (Phi) is 8.36. The van der Waals surface area contributed by atoms with E-state index in [0.29, 0.717) is 33.6 Å². The number of hydrogen-bond donors (Lipinski definition) is 2. The van der Waals surface area contributed by atoms with Crippen molar-refractivity contribution >= 4 is 28.6 Å². The van der Waals surface area contributed by atoms with E-state index in [4.69, 9.17) is 15.2 Å². The van der Waals surface area contributed by atoms with E-state index in [2.05, 4.69) is 21.9 Å². The van der Waals surface area contributed by atoms with Crippen LogP contribution in [0.2, 0.25) is 0 Å². The molecular formula is C29H30FN5O4. The van der Waals surface area contributed by atoms with E-state index in [1.54, 1.807) is 35.2 Å². The van der Waals surface area contributed by atoms with Gasteiger partial charge in [0, 0.05) is 52.9 Å². The lowest BCUT2D eigenvalue weighted by Gasteiger charge is -2.17. The minimum atomic E-state index is -0.742. The van der Waals surface area contributed by atoms with Crippen molar-refractivity contribution in [3.05, 3.63) is 73.6 Å². The predicted molar refractivity (Wildman–Crippen MR) is 147 cm³/mol. The second kappa shape index (κ2) is 11.9. The summed E-state index contributed by atoms with van der Waals surface area (Å²) in [5.74, 6) is -0.988.